The van der Waals surface area contributed by atoms with E-state index in [1.807, 2.05) is 0 Å². The van der Waals surface area contributed by atoms with Crippen molar-refractivity contribution in [3.8, 4) is 0 Å². The Morgan fingerprint density at radius 2 is 1.45 bits per heavy atom. The van der Waals surface area contributed by atoms with Crippen molar-refractivity contribution in [1.82, 2.24) is 4.90 Å². The highest BCUT2D eigenvalue weighted by Crippen LogP contribution is 2.11. The highest BCUT2D eigenvalue weighted by molar-refractivity contribution is 5.67. The van der Waals surface area contributed by atoms with Gasteiger partial charge in [0.05, 0.1) is 0 Å². The molecule has 0 saturated heterocycles. The van der Waals surface area contributed by atoms with Gasteiger partial charge in [0, 0.05) is 6.42 Å². The Bertz CT molecular complexity index is 410. The highest BCUT2D eigenvalue weighted by atomic mass is 16.4. The molecular formula is C19H31NO2. The summed E-state index contributed by atoms with van der Waals surface area (Å²) in [6.45, 7) is 7.99. The average molecular weight is 305 g/mol. The predicted molar refractivity (Wildman–Crippen MR) is 92.4 cm³/mol. The largest absolute Gasteiger partial charge is 0.481 e. The molecule has 0 spiro atoms. The van der Waals surface area contributed by atoms with Gasteiger partial charge in [-0.25, -0.2) is 0 Å². The number of hydrogen-bond donors (Lipinski definition) is 1. The molecule has 124 valence electrons. The van der Waals surface area contributed by atoms with Crippen LogP contribution in [0.15, 0.2) is 24.3 Å². The molecule has 0 aliphatic heterocycles. The van der Waals surface area contributed by atoms with Crippen LogP contribution < -0.4 is 0 Å². The second-order valence-corrected chi connectivity index (χ2v) is 5.90. The van der Waals surface area contributed by atoms with Gasteiger partial charge in [-0.15, -0.1) is 0 Å². The molecule has 1 N–H and O–H groups in total. The maximum atomic E-state index is 10.5. The van der Waals surface area contributed by atoms with Crippen molar-refractivity contribution in [2.45, 2.75) is 58.8 Å². The molecule has 0 fully saturated rings. The zero-order chi connectivity index (χ0) is 16.2. The molecule has 22 heavy (non-hydrogen) atoms. The van der Waals surface area contributed by atoms with Gasteiger partial charge in [0.15, 0.2) is 0 Å². The van der Waals surface area contributed by atoms with Gasteiger partial charge in [0.1, 0.15) is 0 Å². The Labute approximate surface area is 135 Å². The van der Waals surface area contributed by atoms with Gasteiger partial charge in [-0.3, -0.25) is 4.79 Å². The minimum atomic E-state index is -0.728. The van der Waals surface area contributed by atoms with Crippen molar-refractivity contribution in [3.63, 3.8) is 0 Å². The monoisotopic (exact) mass is 305 g/mol. The lowest BCUT2D eigenvalue weighted by atomic mass is 10.0. The second kappa shape index (κ2) is 11.2. The quantitative estimate of drug-likeness (QED) is 0.590. The van der Waals surface area contributed by atoms with Crippen molar-refractivity contribution in [2.24, 2.45) is 0 Å². The molecule has 0 aliphatic rings. The van der Waals surface area contributed by atoms with Crippen LogP contribution in [0.25, 0.3) is 0 Å². The lowest BCUT2D eigenvalue weighted by molar-refractivity contribution is -0.136. The molecule has 0 heterocycles. The van der Waals surface area contributed by atoms with Crippen LogP contribution in [0.3, 0.4) is 0 Å². The molecule has 0 aliphatic carbocycles. The van der Waals surface area contributed by atoms with Crippen molar-refractivity contribution in [2.75, 3.05) is 19.6 Å². The third kappa shape index (κ3) is 8.18. The number of carboxylic acids is 1. The first kappa shape index (κ1) is 18.7. The normalized spacial score (nSPS) is 11.0. The van der Waals surface area contributed by atoms with Crippen LogP contribution in [0.1, 0.15) is 57.1 Å². The SMILES string of the molecule is CCN(CC)CCCCCCc1ccc(CCC(=O)O)cc1. The van der Waals surface area contributed by atoms with Gasteiger partial charge in [0.2, 0.25) is 0 Å². The zero-order valence-electron chi connectivity index (χ0n) is 14.2. The number of nitrogens with zero attached hydrogens (tertiary/aromatic N) is 1. The zero-order valence-corrected chi connectivity index (χ0v) is 14.2. The van der Waals surface area contributed by atoms with E-state index in [0.717, 1.165) is 25.1 Å². The predicted octanol–water partition coefficient (Wildman–Crippen LogP) is 4.15. The Kier molecular flexibility index (Phi) is 9.56. The van der Waals surface area contributed by atoms with Gasteiger partial charge in [0.25, 0.3) is 0 Å². The first-order chi connectivity index (χ1) is 10.7. The van der Waals surface area contributed by atoms with E-state index in [1.165, 1.54) is 37.8 Å². The van der Waals surface area contributed by atoms with Gasteiger partial charge < -0.3 is 10.0 Å². The summed E-state index contributed by atoms with van der Waals surface area (Å²) in [7, 11) is 0. The van der Waals surface area contributed by atoms with E-state index in [0.29, 0.717) is 6.42 Å². The van der Waals surface area contributed by atoms with Gasteiger partial charge in [-0.1, -0.05) is 51.0 Å². The highest BCUT2D eigenvalue weighted by Gasteiger charge is 2.01. The molecule has 0 atom stereocenters. The molecule has 3 heteroatoms. The van der Waals surface area contributed by atoms with Crippen molar-refractivity contribution in [1.29, 1.82) is 0 Å². The van der Waals surface area contributed by atoms with Crippen molar-refractivity contribution in [3.05, 3.63) is 35.4 Å². The van der Waals surface area contributed by atoms with E-state index in [1.54, 1.807) is 0 Å². The third-order valence-electron chi connectivity index (χ3n) is 4.23. The number of unbranched alkanes of at least 4 members (excludes halogenated alkanes) is 3. The van der Waals surface area contributed by atoms with Gasteiger partial charge >= 0.3 is 5.97 Å². The van der Waals surface area contributed by atoms with Crippen LogP contribution in [-0.4, -0.2) is 35.6 Å². The maximum Gasteiger partial charge on any atom is 0.303 e. The summed E-state index contributed by atoms with van der Waals surface area (Å²) >= 11 is 0. The van der Waals surface area contributed by atoms with Crippen LogP contribution in [0.2, 0.25) is 0 Å². The van der Waals surface area contributed by atoms with E-state index in [-0.39, 0.29) is 6.42 Å². The van der Waals surface area contributed by atoms with Crippen LogP contribution in [0.4, 0.5) is 0 Å². The molecule has 3 nitrogen and oxygen atoms in total. The molecule has 0 aromatic heterocycles. The summed E-state index contributed by atoms with van der Waals surface area (Å²) in [6, 6.07) is 8.43. The number of carboxylic acid groups (broad SMARTS) is 1. The minimum Gasteiger partial charge on any atom is -0.481 e. The Balaban J connectivity index is 2.13. The van der Waals surface area contributed by atoms with Crippen molar-refractivity contribution < 1.29 is 9.90 Å². The van der Waals surface area contributed by atoms with Gasteiger partial charge in [-0.05, 0) is 56.4 Å². The fourth-order valence-electron chi connectivity index (χ4n) is 2.68. The number of carbonyl (C=O) groups is 1. The first-order valence-corrected chi connectivity index (χ1v) is 8.67. The molecule has 0 unspecified atom stereocenters. The second-order valence-electron chi connectivity index (χ2n) is 5.90. The summed E-state index contributed by atoms with van der Waals surface area (Å²) in [5.74, 6) is -0.728. The third-order valence-corrected chi connectivity index (χ3v) is 4.23. The first-order valence-electron chi connectivity index (χ1n) is 8.67. The summed E-state index contributed by atoms with van der Waals surface area (Å²) in [6.07, 6.45) is 7.12. The standard InChI is InChI=1S/C19H31NO2/c1-3-20(4-2)16-8-6-5-7-9-17-10-12-18(13-11-17)14-15-19(21)22/h10-13H,3-9,14-16H2,1-2H3,(H,21,22). The summed E-state index contributed by atoms with van der Waals surface area (Å²) in [4.78, 5) is 13.0. The molecule has 1 rings (SSSR count). The number of hydrogen-bond acceptors (Lipinski definition) is 2. The van der Waals surface area contributed by atoms with E-state index in [9.17, 15) is 4.79 Å². The Morgan fingerprint density at radius 3 is 2.00 bits per heavy atom. The summed E-state index contributed by atoms with van der Waals surface area (Å²) in [5.41, 5.74) is 2.48. The number of rotatable bonds is 12. The lowest BCUT2D eigenvalue weighted by Gasteiger charge is -2.17. The van der Waals surface area contributed by atoms with Crippen molar-refractivity contribution >= 4 is 5.97 Å². The summed E-state index contributed by atoms with van der Waals surface area (Å²) in [5, 5.41) is 8.68. The molecule has 0 saturated carbocycles. The lowest BCUT2D eigenvalue weighted by Crippen LogP contribution is -2.23. The molecule has 0 radical (unpaired) electrons. The van der Waals surface area contributed by atoms with Crippen LogP contribution >= 0.6 is 0 Å². The average Bonchev–Trinajstić information content (AvgIpc) is 2.53. The fourth-order valence-corrected chi connectivity index (χ4v) is 2.68. The molecular weight excluding hydrogens is 274 g/mol. The van der Waals surface area contributed by atoms with Crippen LogP contribution in [-0.2, 0) is 17.6 Å². The molecule has 1 aromatic carbocycles. The molecule has 1 aromatic rings. The Hall–Kier alpha value is -1.35. The van der Waals surface area contributed by atoms with E-state index in [2.05, 4.69) is 43.0 Å². The number of benzene rings is 1. The van der Waals surface area contributed by atoms with E-state index in [4.69, 9.17) is 5.11 Å². The number of aliphatic carboxylic acids is 1. The summed E-state index contributed by atoms with van der Waals surface area (Å²) < 4.78 is 0. The van der Waals surface area contributed by atoms with Crippen LogP contribution in [0.5, 0.6) is 0 Å². The fraction of sp³-hybridized carbons (Fsp3) is 0.632. The molecule has 0 bridgehead atoms. The topological polar surface area (TPSA) is 40.5 Å². The smallest absolute Gasteiger partial charge is 0.303 e. The number of aryl methyl sites for hydroxylation is 2. The Morgan fingerprint density at radius 1 is 0.909 bits per heavy atom. The maximum absolute atomic E-state index is 10.5. The van der Waals surface area contributed by atoms with E-state index >= 15 is 0 Å². The van der Waals surface area contributed by atoms with Crippen LogP contribution in [0, 0.1) is 0 Å². The van der Waals surface area contributed by atoms with E-state index < -0.39 is 5.97 Å². The molecule has 0 amide bonds. The van der Waals surface area contributed by atoms with Gasteiger partial charge in [-0.2, -0.15) is 0 Å². The minimum absolute atomic E-state index is 0.214.